The van der Waals surface area contributed by atoms with Gasteiger partial charge in [-0.1, -0.05) is 0 Å². The van der Waals surface area contributed by atoms with Crippen LogP contribution in [-0.4, -0.2) is 79.0 Å². The Morgan fingerprint density at radius 1 is 0.923 bits per heavy atom. The molecule has 0 atom stereocenters. The molecule has 1 heterocycles. The molecule has 10 nitrogen and oxygen atoms in total. The number of carbonyl (C=O) groups excluding carboxylic acids is 1. The van der Waals surface area contributed by atoms with Gasteiger partial charge < -0.3 is 25.3 Å². The van der Waals surface area contributed by atoms with Gasteiger partial charge in [-0.15, -0.1) is 20.4 Å². The predicted octanol–water partition coefficient (Wildman–Crippen LogP) is -0.587. The van der Waals surface area contributed by atoms with Gasteiger partial charge in [-0.2, -0.15) is 0 Å². The van der Waals surface area contributed by atoms with E-state index in [1.54, 1.807) is 6.92 Å². The van der Waals surface area contributed by atoms with Crippen molar-refractivity contribution in [1.29, 1.82) is 0 Å². The van der Waals surface area contributed by atoms with Gasteiger partial charge in [0.15, 0.2) is 11.6 Å². The van der Waals surface area contributed by atoms with E-state index in [0.717, 1.165) is 12.8 Å². The van der Waals surface area contributed by atoms with Crippen LogP contribution in [0.3, 0.4) is 0 Å². The van der Waals surface area contributed by atoms with Gasteiger partial charge in [0, 0.05) is 32.6 Å². The van der Waals surface area contributed by atoms with E-state index < -0.39 is 0 Å². The molecule has 1 rings (SSSR count). The lowest BCUT2D eigenvalue weighted by Crippen LogP contribution is -2.26. The van der Waals surface area contributed by atoms with Crippen molar-refractivity contribution in [3.63, 3.8) is 0 Å². The molecule has 0 spiro atoms. The average molecular weight is 370 g/mol. The van der Waals surface area contributed by atoms with Crippen LogP contribution in [0, 0.1) is 6.92 Å². The summed E-state index contributed by atoms with van der Waals surface area (Å²) in [5.74, 6) is 0.936. The van der Waals surface area contributed by atoms with Crippen molar-refractivity contribution in [1.82, 2.24) is 25.7 Å². The first-order chi connectivity index (χ1) is 12.7. The first kappa shape index (κ1) is 22.3. The van der Waals surface area contributed by atoms with Crippen LogP contribution in [-0.2, 0) is 25.4 Å². The topological polar surface area (TPSA) is 134 Å². The second kappa shape index (κ2) is 15.5. The molecule has 0 bridgehead atoms. The first-order valence-corrected chi connectivity index (χ1v) is 8.95. The Hall–Kier alpha value is -1.75. The van der Waals surface area contributed by atoms with Crippen LogP contribution in [0.4, 0.5) is 0 Å². The van der Waals surface area contributed by atoms with Crippen molar-refractivity contribution >= 4 is 5.91 Å². The molecule has 0 saturated carbocycles. The molecule has 0 aliphatic carbocycles. The van der Waals surface area contributed by atoms with Crippen molar-refractivity contribution in [2.24, 2.45) is 5.73 Å². The summed E-state index contributed by atoms with van der Waals surface area (Å²) >= 11 is 0. The molecule has 10 heteroatoms. The van der Waals surface area contributed by atoms with Crippen LogP contribution < -0.4 is 11.1 Å². The number of carbonyl (C=O) groups is 1. The third-order valence-corrected chi connectivity index (χ3v) is 3.22. The molecule has 0 radical (unpaired) electrons. The van der Waals surface area contributed by atoms with E-state index >= 15 is 0 Å². The molecule has 3 N–H and O–H groups in total. The Labute approximate surface area is 154 Å². The third-order valence-electron chi connectivity index (χ3n) is 3.22. The lowest BCUT2D eigenvalue weighted by atomic mass is 10.3. The van der Waals surface area contributed by atoms with Gasteiger partial charge in [0.05, 0.1) is 26.4 Å². The van der Waals surface area contributed by atoms with Crippen molar-refractivity contribution in [3.8, 4) is 0 Å². The van der Waals surface area contributed by atoms with Gasteiger partial charge >= 0.3 is 0 Å². The van der Waals surface area contributed by atoms with E-state index in [-0.39, 0.29) is 5.91 Å². The lowest BCUT2D eigenvalue weighted by molar-refractivity contribution is -0.121. The summed E-state index contributed by atoms with van der Waals surface area (Å²) in [6, 6.07) is 0. The molecule has 0 aliphatic heterocycles. The molecule has 1 amide bonds. The molecular formula is C16H30N6O4. The standard InChI is InChI=1S/C16H30N6O4/c1-14-19-21-15(22-20-14)4-5-16(23)18-7-3-9-25-11-13-26-12-10-24-8-2-6-17/h2-13,17H2,1H3,(H,18,23). The normalized spacial score (nSPS) is 10.8. The Morgan fingerprint density at radius 2 is 1.50 bits per heavy atom. The van der Waals surface area contributed by atoms with Gasteiger partial charge in [0.2, 0.25) is 5.91 Å². The highest BCUT2D eigenvalue weighted by Crippen LogP contribution is 1.93. The minimum Gasteiger partial charge on any atom is -0.379 e. The number of nitrogens with zero attached hydrogens (tertiary/aromatic N) is 4. The maximum Gasteiger partial charge on any atom is 0.220 e. The van der Waals surface area contributed by atoms with E-state index in [4.69, 9.17) is 19.9 Å². The molecule has 1 aromatic rings. The number of rotatable bonds is 16. The Morgan fingerprint density at radius 3 is 2.12 bits per heavy atom. The summed E-state index contributed by atoms with van der Waals surface area (Å²) in [7, 11) is 0. The quantitative estimate of drug-likeness (QED) is 0.366. The highest BCUT2D eigenvalue weighted by molar-refractivity contribution is 5.75. The number of hydrogen-bond acceptors (Lipinski definition) is 9. The van der Waals surface area contributed by atoms with E-state index in [1.807, 2.05) is 0 Å². The maximum atomic E-state index is 11.7. The van der Waals surface area contributed by atoms with Crippen molar-refractivity contribution < 1.29 is 19.0 Å². The fraction of sp³-hybridized carbons (Fsp3) is 0.812. The summed E-state index contributed by atoms with van der Waals surface area (Å²) in [6.07, 6.45) is 2.36. The fourth-order valence-electron chi connectivity index (χ4n) is 1.84. The molecule has 148 valence electrons. The minimum absolute atomic E-state index is 0.0489. The number of amides is 1. The zero-order valence-corrected chi connectivity index (χ0v) is 15.5. The van der Waals surface area contributed by atoms with Crippen LogP contribution in [0.5, 0.6) is 0 Å². The summed E-state index contributed by atoms with van der Waals surface area (Å²) in [5.41, 5.74) is 5.36. The highest BCUT2D eigenvalue weighted by atomic mass is 16.5. The zero-order chi connectivity index (χ0) is 18.9. The van der Waals surface area contributed by atoms with Crippen LogP contribution in [0.15, 0.2) is 0 Å². The second-order valence-corrected chi connectivity index (χ2v) is 5.55. The number of hydrogen-bond donors (Lipinski definition) is 2. The SMILES string of the molecule is Cc1nnc(CCC(=O)NCCCOCCOCCOCCCN)nn1. The van der Waals surface area contributed by atoms with E-state index in [0.29, 0.717) is 77.2 Å². The van der Waals surface area contributed by atoms with Gasteiger partial charge in [-0.05, 0) is 26.3 Å². The molecular weight excluding hydrogens is 340 g/mol. The van der Waals surface area contributed by atoms with Crippen LogP contribution in [0.25, 0.3) is 0 Å². The largest absolute Gasteiger partial charge is 0.379 e. The van der Waals surface area contributed by atoms with E-state index in [1.165, 1.54) is 0 Å². The number of nitrogens with two attached hydrogens (primary N) is 1. The van der Waals surface area contributed by atoms with Crippen molar-refractivity contribution in [2.45, 2.75) is 32.6 Å². The van der Waals surface area contributed by atoms with Crippen molar-refractivity contribution in [3.05, 3.63) is 11.6 Å². The number of aryl methyl sites for hydroxylation is 2. The second-order valence-electron chi connectivity index (χ2n) is 5.55. The maximum absolute atomic E-state index is 11.7. The molecule has 1 aromatic heterocycles. The van der Waals surface area contributed by atoms with Gasteiger partial charge in [0.25, 0.3) is 0 Å². The molecule has 0 aromatic carbocycles. The summed E-state index contributed by atoms with van der Waals surface area (Å²) in [5, 5.41) is 18.2. The van der Waals surface area contributed by atoms with Crippen LogP contribution in [0.2, 0.25) is 0 Å². The van der Waals surface area contributed by atoms with Crippen LogP contribution in [0.1, 0.15) is 30.9 Å². The van der Waals surface area contributed by atoms with E-state index in [9.17, 15) is 4.79 Å². The monoisotopic (exact) mass is 370 g/mol. The lowest BCUT2D eigenvalue weighted by Gasteiger charge is -2.07. The van der Waals surface area contributed by atoms with Gasteiger partial charge in [-0.25, -0.2) is 0 Å². The molecule has 0 unspecified atom stereocenters. The first-order valence-electron chi connectivity index (χ1n) is 8.95. The van der Waals surface area contributed by atoms with E-state index in [2.05, 4.69) is 25.7 Å². The Kier molecular flexibility index (Phi) is 13.3. The molecule has 0 aliphatic rings. The molecule has 0 saturated heterocycles. The summed E-state index contributed by atoms with van der Waals surface area (Å²) in [6.45, 7) is 6.37. The van der Waals surface area contributed by atoms with Crippen LogP contribution >= 0.6 is 0 Å². The minimum atomic E-state index is -0.0489. The van der Waals surface area contributed by atoms with Crippen molar-refractivity contribution in [2.75, 3.05) is 52.7 Å². The Balaban J connectivity index is 1.83. The highest BCUT2D eigenvalue weighted by Gasteiger charge is 2.04. The third kappa shape index (κ3) is 12.6. The Bertz CT molecular complexity index is 474. The number of ether oxygens (including phenoxy) is 3. The van der Waals surface area contributed by atoms with Gasteiger partial charge in [-0.3, -0.25) is 4.79 Å². The smallest absolute Gasteiger partial charge is 0.220 e. The fourth-order valence-corrected chi connectivity index (χ4v) is 1.84. The number of aromatic nitrogens is 4. The summed E-state index contributed by atoms with van der Waals surface area (Å²) in [4.78, 5) is 11.7. The van der Waals surface area contributed by atoms with Gasteiger partial charge in [0.1, 0.15) is 0 Å². The summed E-state index contributed by atoms with van der Waals surface area (Å²) < 4.78 is 16.1. The molecule has 26 heavy (non-hydrogen) atoms. The molecule has 0 fully saturated rings. The average Bonchev–Trinajstić information content (AvgIpc) is 2.65. The number of nitrogens with one attached hydrogen (secondary N) is 1. The predicted molar refractivity (Wildman–Crippen MR) is 94.4 cm³/mol. The zero-order valence-electron chi connectivity index (χ0n) is 15.5.